The third-order valence-corrected chi connectivity index (χ3v) is 2.31. The van der Waals surface area contributed by atoms with E-state index < -0.39 is 0 Å². The molecule has 0 spiro atoms. The Morgan fingerprint density at radius 2 is 2.25 bits per heavy atom. The fourth-order valence-electron chi connectivity index (χ4n) is 1.35. The van der Waals surface area contributed by atoms with Gasteiger partial charge in [0.1, 0.15) is 0 Å². The molecule has 2 unspecified atom stereocenters. The first-order chi connectivity index (χ1) is 5.74. The van der Waals surface area contributed by atoms with E-state index >= 15 is 0 Å². The van der Waals surface area contributed by atoms with E-state index in [2.05, 4.69) is 20.8 Å². The molecule has 0 bridgehead atoms. The van der Waals surface area contributed by atoms with Gasteiger partial charge in [-0.15, -0.1) is 0 Å². The Bertz CT molecular complexity index is 121. The van der Waals surface area contributed by atoms with Crippen LogP contribution >= 0.6 is 0 Å². The third-order valence-electron chi connectivity index (χ3n) is 2.31. The molecule has 0 aromatic rings. The first-order valence-corrected chi connectivity index (χ1v) is 4.93. The van der Waals surface area contributed by atoms with E-state index in [1.54, 1.807) is 0 Å². The predicted molar refractivity (Wildman–Crippen MR) is 49.2 cm³/mol. The van der Waals surface area contributed by atoms with Crippen LogP contribution in [-0.2, 0) is 9.47 Å². The second-order valence-corrected chi connectivity index (χ2v) is 3.97. The van der Waals surface area contributed by atoms with Crippen LogP contribution in [0.4, 0.5) is 0 Å². The van der Waals surface area contributed by atoms with E-state index in [9.17, 15) is 0 Å². The van der Waals surface area contributed by atoms with E-state index in [-0.39, 0.29) is 0 Å². The first kappa shape index (κ1) is 10.0. The minimum Gasteiger partial charge on any atom is -0.378 e. The van der Waals surface area contributed by atoms with Crippen LogP contribution in [0.25, 0.3) is 0 Å². The second-order valence-electron chi connectivity index (χ2n) is 3.97. The van der Waals surface area contributed by atoms with Crippen LogP contribution in [0.1, 0.15) is 27.2 Å². The molecular weight excluding hydrogens is 152 g/mol. The zero-order valence-corrected chi connectivity index (χ0v) is 8.38. The topological polar surface area (TPSA) is 18.5 Å². The molecule has 1 aliphatic rings. The Kier molecular flexibility index (Phi) is 4.02. The maximum atomic E-state index is 5.51. The normalized spacial score (nSPS) is 29.0. The SMILES string of the molecule is CCC1COC1COCC(C)C. The van der Waals surface area contributed by atoms with Crippen molar-refractivity contribution in [3.8, 4) is 0 Å². The van der Waals surface area contributed by atoms with Gasteiger partial charge in [0, 0.05) is 12.5 Å². The summed E-state index contributed by atoms with van der Waals surface area (Å²) in [4.78, 5) is 0. The van der Waals surface area contributed by atoms with E-state index in [0.29, 0.717) is 12.0 Å². The molecule has 1 saturated heterocycles. The lowest BCUT2D eigenvalue weighted by Gasteiger charge is -2.36. The molecule has 1 rings (SSSR count). The van der Waals surface area contributed by atoms with Crippen molar-refractivity contribution in [1.29, 1.82) is 0 Å². The molecule has 1 aliphatic heterocycles. The molecule has 0 radical (unpaired) electrons. The highest BCUT2D eigenvalue weighted by Gasteiger charge is 2.30. The van der Waals surface area contributed by atoms with Crippen molar-refractivity contribution in [3.63, 3.8) is 0 Å². The summed E-state index contributed by atoms with van der Waals surface area (Å²) in [6.45, 7) is 9.12. The third kappa shape index (κ3) is 2.76. The van der Waals surface area contributed by atoms with E-state index in [4.69, 9.17) is 9.47 Å². The van der Waals surface area contributed by atoms with Gasteiger partial charge in [-0.1, -0.05) is 20.8 Å². The maximum absolute atomic E-state index is 5.51. The van der Waals surface area contributed by atoms with Crippen molar-refractivity contribution in [1.82, 2.24) is 0 Å². The number of hydrogen-bond acceptors (Lipinski definition) is 2. The van der Waals surface area contributed by atoms with Crippen molar-refractivity contribution in [2.24, 2.45) is 11.8 Å². The van der Waals surface area contributed by atoms with Crippen LogP contribution in [0.15, 0.2) is 0 Å². The molecule has 1 heterocycles. The van der Waals surface area contributed by atoms with Gasteiger partial charge in [0.25, 0.3) is 0 Å². The zero-order valence-electron chi connectivity index (χ0n) is 8.38. The van der Waals surface area contributed by atoms with E-state index in [1.807, 2.05) is 0 Å². The largest absolute Gasteiger partial charge is 0.378 e. The maximum Gasteiger partial charge on any atom is 0.0858 e. The molecule has 0 aromatic heterocycles. The lowest BCUT2D eigenvalue weighted by Crippen LogP contribution is -2.42. The number of ether oxygens (including phenoxy) is 2. The van der Waals surface area contributed by atoms with Gasteiger partial charge >= 0.3 is 0 Å². The first-order valence-electron chi connectivity index (χ1n) is 4.93. The Morgan fingerprint density at radius 1 is 1.50 bits per heavy atom. The van der Waals surface area contributed by atoms with Gasteiger partial charge in [0.2, 0.25) is 0 Å². The number of hydrogen-bond donors (Lipinski definition) is 0. The van der Waals surface area contributed by atoms with Gasteiger partial charge in [-0.05, 0) is 12.3 Å². The lowest BCUT2D eigenvalue weighted by molar-refractivity contribution is -0.148. The average molecular weight is 172 g/mol. The van der Waals surface area contributed by atoms with Crippen molar-refractivity contribution < 1.29 is 9.47 Å². The van der Waals surface area contributed by atoms with Crippen LogP contribution in [0.2, 0.25) is 0 Å². The fourth-order valence-corrected chi connectivity index (χ4v) is 1.35. The Balaban J connectivity index is 2.00. The molecule has 1 fully saturated rings. The van der Waals surface area contributed by atoms with Gasteiger partial charge < -0.3 is 9.47 Å². The smallest absolute Gasteiger partial charge is 0.0858 e. The highest BCUT2D eigenvalue weighted by molar-refractivity contribution is 4.77. The molecule has 2 heteroatoms. The Labute approximate surface area is 75.2 Å². The molecule has 12 heavy (non-hydrogen) atoms. The molecule has 0 N–H and O–H groups in total. The van der Waals surface area contributed by atoms with Gasteiger partial charge in [-0.3, -0.25) is 0 Å². The van der Waals surface area contributed by atoms with Crippen LogP contribution in [0.5, 0.6) is 0 Å². The standard InChI is InChI=1S/C10H20O2/c1-4-9-6-12-10(9)7-11-5-8(2)3/h8-10H,4-7H2,1-3H3. The summed E-state index contributed by atoms with van der Waals surface area (Å²) in [6.07, 6.45) is 1.60. The van der Waals surface area contributed by atoms with Gasteiger partial charge in [0.05, 0.1) is 19.3 Å². The lowest BCUT2D eigenvalue weighted by atomic mass is 9.96. The Hall–Kier alpha value is -0.0800. The molecule has 2 atom stereocenters. The van der Waals surface area contributed by atoms with Crippen LogP contribution < -0.4 is 0 Å². The van der Waals surface area contributed by atoms with Crippen LogP contribution in [-0.4, -0.2) is 25.9 Å². The number of rotatable bonds is 5. The fraction of sp³-hybridized carbons (Fsp3) is 1.00. The Morgan fingerprint density at radius 3 is 2.67 bits per heavy atom. The summed E-state index contributed by atoms with van der Waals surface area (Å²) in [5.41, 5.74) is 0. The minimum absolute atomic E-state index is 0.383. The summed E-state index contributed by atoms with van der Waals surface area (Å²) in [6, 6.07) is 0. The van der Waals surface area contributed by atoms with Gasteiger partial charge in [-0.25, -0.2) is 0 Å². The van der Waals surface area contributed by atoms with E-state index in [1.165, 1.54) is 6.42 Å². The van der Waals surface area contributed by atoms with Crippen molar-refractivity contribution in [3.05, 3.63) is 0 Å². The summed E-state index contributed by atoms with van der Waals surface area (Å²) in [7, 11) is 0. The predicted octanol–water partition coefficient (Wildman–Crippen LogP) is 2.08. The molecule has 2 nitrogen and oxygen atoms in total. The second kappa shape index (κ2) is 4.83. The molecular formula is C10H20O2. The zero-order chi connectivity index (χ0) is 8.97. The molecule has 0 saturated carbocycles. The average Bonchev–Trinajstić information content (AvgIpc) is 1.96. The van der Waals surface area contributed by atoms with Gasteiger partial charge in [0.15, 0.2) is 0 Å². The summed E-state index contributed by atoms with van der Waals surface area (Å²) in [5.74, 6) is 1.38. The van der Waals surface area contributed by atoms with Crippen LogP contribution in [0.3, 0.4) is 0 Å². The molecule has 0 amide bonds. The molecule has 72 valence electrons. The molecule has 0 aliphatic carbocycles. The van der Waals surface area contributed by atoms with Crippen LogP contribution in [0, 0.1) is 11.8 Å². The van der Waals surface area contributed by atoms with Crippen molar-refractivity contribution in [2.45, 2.75) is 33.3 Å². The van der Waals surface area contributed by atoms with Gasteiger partial charge in [-0.2, -0.15) is 0 Å². The highest BCUT2D eigenvalue weighted by atomic mass is 16.5. The summed E-state index contributed by atoms with van der Waals surface area (Å²) < 4.78 is 10.9. The quantitative estimate of drug-likeness (QED) is 0.632. The van der Waals surface area contributed by atoms with Crippen molar-refractivity contribution in [2.75, 3.05) is 19.8 Å². The van der Waals surface area contributed by atoms with E-state index in [0.717, 1.165) is 25.7 Å². The summed E-state index contributed by atoms with van der Waals surface area (Å²) in [5, 5.41) is 0. The minimum atomic E-state index is 0.383. The van der Waals surface area contributed by atoms with Crippen molar-refractivity contribution >= 4 is 0 Å². The highest BCUT2D eigenvalue weighted by Crippen LogP contribution is 2.23. The molecule has 0 aromatic carbocycles. The monoisotopic (exact) mass is 172 g/mol. The summed E-state index contributed by atoms with van der Waals surface area (Å²) >= 11 is 0.